The van der Waals surface area contributed by atoms with Crippen LogP contribution < -0.4 is 0 Å². The highest BCUT2D eigenvalue weighted by atomic mass is 16.6. The summed E-state index contributed by atoms with van der Waals surface area (Å²) in [4.78, 5) is 9.92. The van der Waals surface area contributed by atoms with Crippen LogP contribution in [-0.4, -0.2) is 10.7 Å². The van der Waals surface area contributed by atoms with Gasteiger partial charge in [0.05, 0.1) is 5.71 Å². The Morgan fingerprint density at radius 3 is 2.53 bits per heavy atom. The third kappa shape index (κ3) is 2.50. The summed E-state index contributed by atoms with van der Waals surface area (Å²) in [5.74, 6) is 0. The third-order valence-electron chi connectivity index (χ3n) is 3.20. The second-order valence-electron chi connectivity index (χ2n) is 4.81. The summed E-state index contributed by atoms with van der Waals surface area (Å²) in [7, 11) is 0. The average molecular weight is 251 g/mol. The van der Waals surface area contributed by atoms with Crippen LogP contribution in [0.2, 0.25) is 0 Å². The molecule has 0 saturated heterocycles. The van der Waals surface area contributed by atoms with Gasteiger partial charge < -0.3 is 4.84 Å². The van der Waals surface area contributed by atoms with Gasteiger partial charge in [-0.25, -0.2) is 0 Å². The molecule has 1 aromatic carbocycles. The molecule has 1 aliphatic rings. The third-order valence-corrected chi connectivity index (χ3v) is 3.20. The van der Waals surface area contributed by atoms with E-state index in [1.165, 1.54) is 0 Å². The molecule has 0 saturated carbocycles. The van der Waals surface area contributed by atoms with Crippen LogP contribution in [0.15, 0.2) is 41.6 Å². The highest BCUT2D eigenvalue weighted by molar-refractivity contribution is 6.01. The molecule has 95 valence electrons. The van der Waals surface area contributed by atoms with E-state index in [2.05, 4.69) is 28.3 Å². The zero-order chi connectivity index (χ0) is 13.2. The van der Waals surface area contributed by atoms with Crippen molar-refractivity contribution in [1.82, 2.24) is 4.98 Å². The van der Waals surface area contributed by atoms with E-state index in [4.69, 9.17) is 4.84 Å². The SMILES string of the molecule is Cc1cc(C2=NOC(c3cc[c]cc3)C2)cc(C)n1. The van der Waals surface area contributed by atoms with E-state index in [9.17, 15) is 0 Å². The second kappa shape index (κ2) is 4.84. The molecule has 1 radical (unpaired) electrons. The van der Waals surface area contributed by atoms with Crippen molar-refractivity contribution in [3.8, 4) is 0 Å². The molecule has 0 amide bonds. The molecule has 0 bridgehead atoms. The number of hydrogen-bond acceptors (Lipinski definition) is 3. The van der Waals surface area contributed by atoms with Gasteiger partial charge in [-0.2, -0.15) is 0 Å². The van der Waals surface area contributed by atoms with Crippen LogP contribution in [0.25, 0.3) is 0 Å². The number of nitrogens with zero attached hydrogens (tertiary/aromatic N) is 2. The van der Waals surface area contributed by atoms with Crippen LogP contribution in [0.1, 0.15) is 35.0 Å². The smallest absolute Gasteiger partial charge is 0.158 e. The molecule has 2 aromatic rings. The number of pyridine rings is 1. The van der Waals surface area contributed by atoms with Crippen LogP contribution in [-0.2, 0) is 4.84 Å². The summed E-state index contributed by atoms with van der Waals surface area (Å²) in [5.41, 5.74) is 5.26. The lowest BCUT2D eigenvalue weighted by Crippen LogP contribution is -2.03. The van der Waals surface area contributed by atoms with Crippen molar-refractivity contribution in [2.24, 2.45) is 5.16 Å². The van der Waals surface area contributed by atoms with E-state index >= 15 is 0 Å². The molecule has 1 aromatic heterocycles. The first kappa shape index (κ1) is 11.9. The fourth-order valence-electron chi connectivity index (χ4n) is 2.34. The minimum atomic E-state index is 0.0124. The van der Waals surface area contributed by atoms with Gasteiger partial charge in [0.2, 0.25) is 0 Å². The quantitative estimate of drug-likeness (QED) is 0.820. The average Bonchev–Trinajstić information content (AvgIpc) is 2.88. The van der Waals surface area contributed by atoms with Crippen molar-refractivity contribution < 1.29 is 4.84 Å². The fourth-order valence-corrected chi connectivity index (χ4v) is 2.34. The van der Waals surface area contributed by atoms with Crippen LogP contribution >= 0.6 is 0 Å². The molecule has 0 spiro atoms. The van der Waals surface area contributed by atoms with Crippen molar-refractivity contribution in [1.29, 1.82) is 0 Å². The minimum absolute atomic E-state index is 0.0124. The Bertz CT molecular complexity index is 600. The molecule has 1 aliphatic heterocycles. The number of aromatic nitrogens is 1. The summed E-state index contributed by atoms with van der Waals surface area (Å²) in [5, 5.41) is 4.22. The molecule has 0 fully saturated rings. The molecule has 3 nitrogen and oxygen atoms in total. The first-order chi connectivity index (χ1) is 9.22. The lowest BCUT2D eigenvalue weighted by atomic mass is 10.00. The van der Waals surface area contributed by atoms with E-state index in [0.29, 0.717) is 0 Å². The van der Waals surface area contributed by atoms with Gasteiger partial charge in [0.15, 0.2) is 6.10 Å². The first-order valence-electron chi connectivity index (χ1n) is 6.37. The lowest BCUT2D eigenvalue weighted by Gasteiger charge is -2.07. The van der Waals surface area contributed by atoms with Gasteiger partial charge in [-0.05, 0) is 37.6 Å². The van der Waals surface area contributed by atoms with Crippen molar-refractivity contribution >= 4 is 5.71 Å². The van der Waals surface area contributed by atoms with E-state index in [-0.39, 0.29) is 6.10 Å². The summed E-state index contributed by atoms with van der Waals surface area (Å²) >= 11 is 0. The van der Waals surface area contributed by atoms with E-state index in [1.807, 2.05) is 38.1 Å². The molecule has 1 unspecified atom stereocenters. The van der Waals surface area contributed by atoms with E-state index < -0.39 is 0 Å². The maximum Gasteiger partial charge on any atom is 0.158 e. The lowest BCUT2D eigenvalue weighted by molar-refractivity contribution is 0.0857. The molecule has 0 N–H and O–H groups in total. The maximum atomic E-state index is 5.54. The molecule has 2 heterocycles. The zero-order valence-corrected chi connectivity index (χ0v) is 11.1. The Morgan fingerprint density at radius 2 is 1.84 bits per heavy atom. The second-order valence-corrected chi connectivity index (χ2v) is 4.81. The summed E-state index contributed by atoms with van der Waals surface area (Å²) in [6.07, 6.45) is 0.811. The molecule has 0 aliphatic carbocycles. The Morgan fingerprint density at radius 1 is 1.16 bits per heavy atom. The monoisotopic (exact) mass is 251 g/mol. The highest BCUT2D eigenvalue weighted by Gasteiger charge is 2.23. The number of oxime groups is 1. The summed E-state index contributed by atoms with van der Waals surface area (Å²) in [6, 6.07) is 15.0. The highest BCUT2D eigenvalue weighted by Crippen LogP contribution is 2.29. The summed E-state index contributed by atoms with van der Waals surface area (Å²) < 4.78 is 0. The van der Waals surface area contributed by atoms with E-state index in [0.717, 1.165) is 34.6 Å². The van der Waals surface area contributed by atoms with Crippen LogP contribution in [0.5, 0.6) is 0 Å². The molecule has 3 rings (SSSR count). The molecular formula is C16H15N2O. The van der Waals surface area contributed by atoms with Crippen molar-refractivity contribution in [2.45, 2.75) is 26.4 Å². The van der Waals surface area contributed by atoms with E-state index in [1.54, 1.807) is 0 Å². The molecular weight excluding hydrogens is 236 g/mol. The summed E-state index contributed by atoms with van der Waals surface area (Å²) in [6.45, 7) is 3.99. The van der Waals surface area contributed by atoms with Gasteiger partial charge >= 0.3 is 0 Å². The molecule has 1 atom stereocenters. The topological polar surface area (TPSA) is 34.5 Å². The Labute approximate surface area is 112 Å². The van der Waals surface area contributed by atoms with Gasteiger partial charge in [0.25, 0.3) is 0 Å². The van der Waals surface area contributed by atoms with Crippen molar-refractivity contribution in [3.05, 3.63) is 65.0 Å². The standard InChI is InChI=1S/C16H15N2O/c1-11-8-14(9-12(2)17-11)15-10-16(19-18-15)13-6-4-3-5-7-13/h4-9,16H,10H2,1-2H3. The fraction of sp³-hybridized carbons (Fsp3) is 0.250. The largest absolute Gasteiger partial charge is 0.387 e. The molecule has 3 heteroatoms. The Balaban J connectivity index is 1.82. The van der Waals surface area contributed by atoms with Crippen LogP contribution in [0, 0.1) is 19.9 Å². The minimum Gasteiger partial charge on any atom is -0.387 e. The van der Waals surface area contributed by atoms with Gasteiger partial charge in [-0.3, -0.25) is 4.98 Å². The normalized spacial score (nSPS) is 18.0. The van der Waals surface area contributed by atoms with Crippen molar-refractivity contribution in [2.75, 3.05) is 0 Å². The maximum absolute atomic E-state index is 5.54. The van der Waals surface area contributed by atoms with Gasteiger partial charge in [0.1, 0.15) is 0 Å². The Hall–Kier alpha value is -2.16. The van der Waals surface area contributed by atoms with Crippen molar-refractivity contribution in [3.63, 3.8) is 0 Å². The van der Waals surface area contributed by atoms with Gasteiger partial charge in [0, 0.05) is 23.4 Å². The number of benzene rings is 1. The zero-order valence-electron chi connectivity index (χ0n) is 11.1. The predicted molar refractivity (Wildman–Crippen MR) is 74.0 cm³/mol. The first-order valence-corrected chi connectivity index (χ1v) is 6.37. The van der Waals surface area contributed by atoms with Gasteiger partial charge in [-0.1, -0.05) is 29.4 Å². The number of rotatable bonds is 2. The molecule has 19 heavy (non-hydrogen) atoms. The van der Waals surface area contributed by atoms with Crippen LogP contribution in [0.3, 0.4) is 0 Å². The number of hydrogen-bond donors (Lipinski definition) is 0. The van der Waals surface area contributed by atoms with Gasteiger partial charge in [-0.15, -0.1) is 0 Å². The number of aryl methyl sites for hydroxylation is 2. The van der Waals surface area contributed by atoms with Crippen LogP contribution in [0.4, 0.5) is 0 Å². The predicted octanol–water partition coefficient (Wildman–Crippen LogP) is 3.36. The Kier molecular flexibility index (Phi) is 3.03.